The molecule has 1 aliphatic carbocycles. The molecule has 3 nitrogen and oxygen atoms in total. The summed E-state index contributed by atoms with van der Waals surface area (Å²) in [5.41, 5.74) is 2.62. The number of carboxylic acids is 1. The van der Waals surface area contributed by atoms with Crippen LogP contribution in [0.4, 0.5) is 0 Å². The fraction of sp³-hybridized carbons (Fsp3) is 0.357. The molecule has 0 bridgehead atoms. The van der Waals surface area contributed by atoms with Crippen LogP contribution in [-0.2, 0) is 16.6 Å². The van der Waals surface area contributed by atoms with Crippen LogP contribution in [-0.4, -0.2) is 16.1 Å². The number of hydrogen-bond donors (Lipinski definition) is 2. The van der Waals surface area contributed by atoms with E-state index in [4.69, 9.17) is 0 Å². The van der Waals surface area contributed by atoms with Gasteiger partial charge in [0.2, 0.25) is 0 Å². The number of carbonyl (C=O) groups is 1. The largest absolute Gasteiger partial charge is 0.481 e. The van der Waals surface area contributed by atoms with Crippen molar-refractivity contribution in [3.05, 3.63) is 35.5 Å². The zero-order chi connectivity index (χ0) is 12.0. The van der Waals surface area contributed by atoms with E-state index in [1.54, 1.807) is 0 Å². The highest BCUT2D eigenvalue weighted by atomic mass is 16.4. The summed E-state index contributed by atoms with van der Waals surface area (Å²) < 4.78 is 0. The Morgan fingerprint density at radius 1 is 1.47 bits per heavy atom. The number of benzene rings is 1. The Kier molecular flexibility index (Phi) is 2.05. The van der Waals surface area contributed by atoms with Crippen LogP contribution in [0.1, 0.15) is 30.9 Å². The van der Waals surface area contributed by atoms with Crippen LogP contribution < -0.4 is 0 Å². The van der Waals surface area contributed by atoms with Crippen molar-refractivity contribution < 1.29 is 9.90 Å². The average molecular weight is 229 g/mol. The summed E-state index contributed by atoms with van der Waals surface area (Å²) in [6.07, 6.45) is 4.35. The quantitative estimate of drug-likeness (QED) is 0.850. The van der Waals surface area contributed by atoms with E-state index in [1.807, 2.05) is 12.3 Å². The Morgan fingerprint density at radius 3 is 2.82 bits per heavy atom. The summed E-state index contributed by atoms with van der Waals surface area (Å²) >= 11 is 0. The van der Waals surface area contributed by atoms with Crippen molar-refractivity contribution in [2.45, 2.75) is 31.6 Å². The number of carboxylic acid groups (broad SMARTS) is 1. The maximum atomic E-state index is 11.4. The van der Waals surface area contributed by atoms with Crippen molar-refractivity contribution in [1.29, 1.82) is 0 Å². The molecule has 1 saturated carbocycles. The lowest BCUT2D eigenvalue weighted by Crippen LogP contribution is -2.18. The molecule has 88 valence electrons. The van der Waals surface area contributed by atoms with Gasteiger partial charge in [-0.1, -0.05) is 13.0 Å². The van der Waals surface area contributed by atoms with E-state index in [0.717, 1.165) is 35.7 Å². The third-order valence-electron chi connectivity index (χ3n) is 3.83. The molecule has 1 aromatic carbocycles. The van der Waals surface area contributed by atoms with Crippen LogP contribution in [0.2, 0.25) is 0 Å². The van der Waals surface area contributed by atoms with E-state index in [2.05, 4.69) is 24.0 Å². The van der Waals surface area contributed by atoms with Crippen molar-refractivity contribution in [2.75, 3.05) is 0 Å². The Morgan fingerprint density at radius 2 is 2.24 bits per heavy atom. The normalized spacial score (nSPS) is 17.2. The molecule has 0 spiro atoms. The molecule has 1 heterocycles. The molecule has 0 aliphatic heterocycles. The molecule has 0 radical (unpaired) electrons. The van der Waals surface area contributed by atoms with Crippen LogP contribution >= 0.6 is 0 Å². The second-order valence-corrected chi connectivity index (χ2v) is 4.82. The summed E-state index contributed by atoms with van der Waals surface area (Å²) in [4.78, 5) is 14.5. The Bertz CT molecular complexity index is 593. The molecule has 0 amide bonds. The lowest BCUT2D eigenvalue weighted by molar-refractivity contribution is -0.140. The number of hydrogen-bond acceptors (Lipinski definition) is 1. The van der Waals surface area contributed by atoms with Gasteiger partial charge in [0, 0.05) is 17.1 Å². The van der Waals surface area contributed by atoms with Gasteiger partial charge in [-0.3, -0.25) is 4.79 Å². The minimum Gasteiger partial charge on any atom is -0.481 e. The second-order valence-electron chi connectivity index (χ2n) is 4.82. The number of rotatable bonds is 3. The molecule has 3 heteroatoms. The number of fused-ring (bicyclic) bond motifs is 1. The highest BCUT2D eigenvalue weighted by Crippen LogP contribution is 2.50. The fourth-order valence-corrected chi connectivity index (χ4v) is 2.51. The Balaban J connectivity index is 2.20. The van der Waals surface area contributed by atoms with Crippen molar-refractivity contribution in [1.82, 2.24) is 4.98 Å². The van der Waals surface area contributed by atoms with Crippen molar-refractivity contribution >= 4 is 16.9 Å². The van der Waals surface area contributed by atoms with Gasteiger partial charge in [0.25, 0.3) is 0 Å². The summed E-state index contributed by atoms with van der Waals surface area (Å²) in [7, 11) is 0. The lowest BCUT2D eigenvalue weighted by Gasteiger charge is -2.08. The topological polar surface area (TPSA) is 53.1 Å². The fourth-order valence-electron chi connectivity index (χ4n) is 2.51. The van der Waals surface area contributed by atoms with Gasteiger partial charge in [0.15, 0.2) is 0 Å². The van der Waals surface area contributed by atoms with Gasteiger partial charge in [-0.15, -0.1) is 0 Å². The average Bonchev–Trinajstić information content (AvgIpc) is 3.03. The van der Waals surface area contributed by atoms with E-state index in [0.29, 0.717) is 0 Å². The molecular weight excluding hydrogens is 214 g/mol. The van der Waals surface area contributed by atoms with E-state index < -0.39 is 11.4 Å². The van der Waals surface area contributed by atoms with E-state index >= 15 is 0 Å². The monoisotopic (exact) mass is 229 g/mol. The van der Waals surface area contributed by atoms with Crippen LogP contribution in [0.15, 0.2) is 24.4 Å². The van der Waals surface area contributed by atoms with Gasteiger partial charge in [-0.05, 0) is 42.5 Å². The number of H-pyrrole nitrogens is 1. The van der Waals surface area contributed by atoms with Crippen LogP contribution in [0.3, 0.4) is 0 Å². The van der Waals surface area contributed by atoms with Crippen LogP contribution in [0.5, 0.6) is 0 Å². The second kappa shape index (κ2) is 3.36. The molecule has 1 aromatic heterocycles. The number of aromatic nitrogens is 1. The highest BCUT2D eigenvalue weighted by molar-refractivity contribution is 5.94. The van der Waals surface area contributed by atoms with Gasteiger partial charge >= 0.3 is 5.97 Å². The lowest BCUT2D eigenvalue weighted by atomic mass is 9.95. The predicted molar refractivity (Wildman–Crippen MR) is 66.2 cm³/mol. The molecule has 17 heavy (non-hydrogen) atoms. The van der Waals surface area contributed by atoms with Crippen LogP contribution in [0, 0.1) is 0 Å². The minimum atomic E-state index is -0.694. The Labute approximate surface area is 99.5 Å². The first-order valence-electron chi connectivity index (χ1n) is 6.01. The summed E-state index contributed by atoms with van der Waals surface area (Å²) in [5.74, 6) is -0.694. The zero-order valence-electron chi connectivity index (χ0n) is 9.79. The van der Waals surface area contributed by atoms with Gasteiger partial charge < -0.3 is 10.1 Å². The van der Waals surface area contributed by atoms with Crippen molar-refractivity contribution in [2.24, 2.45) is 0 Å². The third kappa shape index (κ3) is 1.38. The van der Waals surface area contributed by atoms with Crippen molar-refractivity contribution in [3.8, 4) is 0 Å². The molecule has 0 atom stereocenters. The highest BCUT2D eigenvalue weighted by Gasteiger charge is 2.52. The molecule has 0 unspecified atom stereocenters. The molecular formula is C14H15NO2. The first-order valence-corrected chi connectivity index (χ1v) is 6.01. The van der Waals surface area contributed by atoms with Crippen LogP contribution in [0.25, 0.3) is 10.9 Å². The number of nitrogens with one attached hydrogen (secondary N) is 1. The molecule has 2 aromatic rings. The van der Waals surface area contributed by atoms with Gasteiger partial charge in [-0.2, -0.15) is 0 Å². The molecule has 2 N–H and O–H groups in total. The predicted octanol–water partition coefficient (Wildman–Crippen LogP) is 2.85. The standard InChI is InChI=1S/C14H15NO2/c1-2-9-3-4-12-10(7-9)11(8-15-12)14(5-6-14)13(16)17/h3-4,7-8,15H,2,5-6H2,1H3,(H,16,17). The van der Waals surface area contributed by atoms with E-state index in [1.165, 1.54) is 5.56 Å². The van der Waals surface area contributed by atoms with E-state index in [9.17, 15) is 9.90 Å². The molecule has 1 fully saturated rings. The molecule has 3 rings (SSSR count). The zero-order valence-corrected chi connectivity index (χ0v) is 9.79. The number of aromatic amines is 1. The maximum Gasteiger partial charge on any atom is 0.314 e. The van der Waals surface area contributed by atoms with Gasteiger partial charge in [0.1, 0.15) is 0 Å². The number of aryl methyl sites for hydroxylation is 1. The first kappa shape index (κ1) is 10.4. The van der Waals surface area contributed by atoms with E-state index in [-0.39, 0.29) is 0 Å². The summed E-state index contributed by atoms with van der Waals surface area (Å²) in [5, 5.41) is 10.4. The molecule has 1 aliphatic rings. The minimum absolute atomic E-state index is 0.620. The van der Waals surface area contributed by atoms with Gasteiger partial charge in [0.05, 0.1) is 5.41 Å². The maximum absolute atomic E-state index is 11.4. The summed E-state index contributed by atoms with van der Waals surface area (Å²) in [6, 6.07) is 6.24. The van der Waals surface area contributed by atoms with Crippen molar-refractivity contribution in [3.63, 3.8) is 0 Å². The Hall–Kier alpha value is -1.77. The van der Waals surface area contributed by atoms with Gasteiger partial charge in [-0.25, -0.2) is 0 Å². The summed E-state index contributed by atoms with van der Waals surface area (Å²) in [6.45, 7) is 2.11. The SMILES string of the molecule is CCc1ccc2[nH]cc(C3(C(=O)O)CC3)c2c1. The third-order valence-corrected chi connectivity index (χ3v) is 3.83. The smallest absolute Gasteiger partial charge is 0.314 e. The number of aliphatic carboxylic acids is 1. The molecule has 0 saturated heterocycles. The first-order chi connectivity index (χ1) is 8.17.